The lowest BCUT2D eigenvalue weighted by molar-refractivity contribution is 0.523. The van der Waals surface area contributed by atoms with Crippen molar-refractivity contribution in [2.75, 3.05) is 18.1 Å². The van der Waals surface area contributed by atoms with Crippen LogP contribution < -0.4 is 5.32 Å². The van der Waals surface area contributed by atoms with E-state index < -0.39 is 0 Å². The largest absolute Gasteiger partial charge is 0.312 e. The van der Waals surface area contributed by atoms with Gasteiger partial charge in [0.15, 0.2) is 0 Å². The van der Waals surface area contributed by atoms with Crippen molar-refractivity contribution in [3.8, 4) is 0 Å². The zero-order valence-electron chi connectivity index (χ0n) is 9.31. The van der Waals surface area contributed by atoms with Crippen molar-refractivity contribution in [1.29, 1.82) is 0 Å². The summed E-state index contributed by atoms with van der Waals surface area (Å²) < 4.78 is 0. The van der Waals surface area contributed by atoms with Crippen LogP contribution in [0.3, 0.4) is 0 Å². The summed E-state index contributed by atoms with van der Waals surface area (Å²) in [4.78, 5) is 0. The highest BCUT2D eigenvalue weighted by molar-refractivity contribution is 7.99. The molecular formula is C12H14Cl3NS. The summed E-state index contributed by atoms with van der Waals surface area (Å²) in [5.41, 5.74) is 0.895. The van der Waals surface area contributed by atoms with Crippen molar-refractivity contribution in [3.05, 3.63) is 32.8 Å². The molecule has 1 nitrogen and oxygen atoms in total. The van der Waals surface area contributed by atoms with Gasteiger partial charge in [0.2, 0.25) is 0 Å². The monoisotopic (exact) mass is 309 g/mol. The van der Waals surface area contributed by atoms with Crippen LogP contribution in [0.1, 0.15) is 12.0 Å². The fourth-order valence-corrected chi connectivity index (χ4v) is 3.84. The molecule has 0 radical (unpaired) electrons. The summed E-state index contributed by atoms with van der Waals surface area (Å²) >= 11 is 20.2. The number of nitrogens with one attached hydrogen (secondary N) is 1. The maximum absolute atomic E-state index is 6.13. The van der Waals surface area contributed by atoms with Crippen LogP contribution in [0.5, 0.6) is 0 Å². The SMILES string of the molecule is Clc1ccc(Cl)c(CNCC2CCSC2)c1Cl. The average molecular weight is 311 g/mol. The van der Waals surface area contributed by atoms with Gasteiger partial charge in [-0.25, -0.2) is 0 Å². The Morgan fingerprint density at radius 3 is 2.71 bits per heavy atom. The van der Waals surface area contributed by atoms with E-state index in [4.69, 9.17) is 34.8 Å². The third kappa shape index (κ3) is 3.68. The normalized spacial score (nSPS) is 19.8. The first kappa shape index (κ1) is 13.8. The van der Waals surface area contributed by atoms with Gasteiger partial charge in [0, 0.05) is 17.1 Å². The Morgan fingerprint density at radius 2 is 2.00 bits per heavy atom. The van der Waals surface area contributed by atoms with Crippen LogP contribution in [0.2, 0.25) is 15.1 Å². The molecule has 1 aliphatic rings. The maximum Gasteiger partial charge on any atom is 0.0652 e. The van der Waals surface area contributed by atoms with Gasteiger partial charge in [0.1, 0.15) is 0 Å². The zero-order chi connectivity index (χ0) is 12.3. The molecule has 0 saturated carbocycles. The molecule has 1 aliphatic heterocycles. The number of rotatable bonds is 4. The molecule has 0 spiro atoms. The van der Waals surface area contributed by atoms with Crippen LogP contribution in [-0.2, 0) is 6.54 Å². The van der Waals surface area contributed by atoms with E-state index in [1.165, 1.54) is 17.9 Å². The van der Waals surface area contributed by atoms with Crippen molar-refractivity contribution in [3.63, 3.8) is 0 Å². The fourth-order valence-electron chi connectivity index (χ4n) is 1.88. The summed E-state index contributed by atoms with van der Waals surface area (Å²) in [6.45, 7) is 1.70. The zero-order valence-corrected chi connectivity index (χ0v) is 12.4. The Hall–Kier alpha value is 0.400. The van der Waals surface area contributed by atoms with Gasteiger partial charge in [0.25, 0.3) is 0 Å². The molecule has 94 valence electrons. The lowest BCUT2D eigenvalue weighted by Gasteiger charge is -2.12. The van der Waals surface area contributed by atoms with Gasteiger partial charge in [-0.15, -0.1) is 0 Å². The molecule has 1 aromatic rings. The van der Waals surface area contributed by atoms with E-state index in [-0.39, 0.29) is 0 Å². The Bertz CT molecular complexity index is 392. The van der Waals surface area contributed by atoms with Crippen LogP contribution in [0, 0.1) is 5.92 Å². The Labute approximate surface area is 121 Å². The number of hydrogen-bond donors (Lipinski definition) is 1. The summed E-state index contributed by atoms with van der Waals surface area (Å²) in [6.07, 6.45) is 1.30. The van der Waals surface area contributed by atoms with E-state index in [0.29, 0.717) is 21.6 Å². The third-order valence-electron chi connectivity index (χ3n) is 2.90. The third-order valence-corrected chi connectivity index (χ3v) is 5.33. The fraction of sp³-hybridized carbons (Fsp3) is 0.500. The van der Waals surface area contributed by atoms with Crippen LogP contribution in [0.15, 0.2) is 12.1 Å². The molecule has 5 heteroatoms. The molecule has 1 saturated heterocycles. The molecule has 1 heterocycles. The van der Waals surface area contributed by atoms with Crippen LogP contribution >= 0.6 is 46.6 Å². The predicted molar refractivity (Wildman–Crippen MR) is 78.6 cm³/mol. The van der Waals surface area contributed by atoms with Gasteiger partial charge in [-0.2, -0.15) is 11.8 Å². The van der Waals surface area contributed by atoms with Crippen LogP contribution in [0.25, 0.3) is 0 Å². The van der Waals surface area contributed by atoms with E-state index in [1.807, 2.05) is 11.8 Å². The second-order valence-electron chi connectivity index (χ2n) is 4.18. The van der Waals surface area contributed by atoms with Crippen LogP contribution in [0.4, 0.5) is 0 Å². The molecule has 0 aliphatic carbocycles. The van der Waals surface area contributed by atoms with Gasteiger partial charge < -0.3 is 5.32 Å². The summed E-state index contributed by atoms with van der Waals surface area (Å²) in [5, 5.41) is 5.21. The first-order valence-electron chi connectivity index (χ1n) is 5.59. The minimum Gasteiger partial charge on any atom is -0.312 e. The summed E-state index contributed by atoms with van der Waals surface area (Å²) in [6, 6.07) is 3.52. The molecule has 1 unspecified atom stereocenters. The topological polar surface area (TPSA) is 12.0 Å². The predicted octanol–water partition coefficient (Wildman–Crippen LogP) is 4.49. The Morgan fingerprint density at radius 1 is 1.24 bits per heavy atom. The van der Waals surface area contributed by atoms with Crippen LogP contribution in [-0.4, -0.2) is 18.1 Å². The minimum atomic E-state index is 0.560. The van der Waals surface area contributed by atoms with E-state index in [9.17, 15) is 0 Å². The quantitative estimate of drug-likeness (QED) is 0.822. The molecule has 17 heavy (non-hydrogen) atoms. The molecule has 0 amide bonds. The highest BCUT2D eigenvalue weighted by atomic mass is 35.5. The summed E-state index contributed by atoms with van der Waals surface area (Å²) in [7, 11) is 0. The molecule has 2 rings (SSSR count). The standard InChI is InChI=1S/C12H14Cl3NS/c13-10-1-2-11(14)12(15)9(10)6-16-5-8-3-4-17-7-8/h1-2,8,16H,3-7H2. The molecule has 0 aromatic heterocycles. The lowest BCUT2D eigenvalue weighted by atomic mass is 10.1. The summed E-state index contributed by atoms with van der Waals surface area (Å²) in [5.74, 6) is 3.31. The smallest absolute Gasteiger partial charge is 0.0652 e. The van der Waals surface area contributed by atoms with Gasteiger partial charge >= 0.3 is 0 Å². The van der Waals surface area contributed by atoms with Crippen molar-refractivity contribution < 1.29 is 0 Å². The van der Waals surface area contributed by atoms with Crippen molar-refractivity contribution in [2.24, 2.45) is 5.92 Å². The molecule has 1 atom stereocenters. The molecule has 1 N–H and O–H groups in total. The number of halogens is 3. The van der Waals surface area contributed by atoms with Gasteiger partial charge in [-0.05, 0) is 42.5 Å². The second-order valence-corrected chi connectivity index (χ2v) is 6.52. The van der Waals surface area contributed by atoms with E-state index in [1.54, 1.807) is 12.1 Å². The van der Waals surface area contributed by atoms with Gasteiger partial charge in [-0.3, -0.25) is 0 Å². The molecule has 1 fully saturated rings. The van der Waals surface area contributed by atoms with E-state index in [0.717, 1.165) is 18.0 Å². The number of thioether (sulfide) groups is 1. The highest BCUT2D eigenvalue weighted by Gasteiger charge is 2.15. The van der Waals surface area contributed by atoms with Gasteiger partial charge in [0.05, 0.1) is 10.0 Å². The Balaban J connectivity index is 1.91. The Kier molecular flexibility index (Phi) is 5.31. The average Bonchev–Trinajstić information content (AvgIpc) is 2.81. The van der Waals surface area contributed by atoms with E-state index >= 15 is 0 Å². The second kappa shape index (κ2) is 6.53. The number of benzene rings is 1. The minimum absolute atomic E-state index is 0.560. The highest BCUT2D eigenvalue weighted by Crippen LogP contribution is 2.31. The molecular weight excluding hydrogens is 297 g/mol. The lowest BCUT2D eigenvalue weighted by Crippen LogP contribution is -2.22. The molecule has 1 aromatic carbocycles. The number of hydrogen-bond acceptors (Lipinski definition) is 2. The van der Waals surface area contributed by atoms with Gasteiger partial charge in [-0.1, -0.05) is 34.8 Å². The maximum atomic E-state index is 6.13. The van der Waals surface area contributed by atoms with Crippen molar-refractivity contribution in [2.45, 2.75) is 13.0 Å². The first-order chi connectivity index (χ1) is 8.18. The van der Waals surface area contributed by atoms with Crippen molar-refractivity contribution >= 4 is 46.6 Å². The first-order valence-corrected chi connectivity index (χ1v) is 7.88. The van der Waals surface area contributed by atoms with Crippen molar-refractivity contribution in [1.82, 2.24) is 5.32 Å². The van der Waals surface area contributed by atoms with E-state index in [2.05, 4.69) is 5.32 Å². The molecule has 0 bridgehead atoms.